The molecule has 1 heteroatoms. The molecule has 0 saturated carbocycles. The molecular formula is C18H29Ga. The standard InChI is InChI=1S/C12H15.2C3H7.Ga/c1-12(2,3)10-9-11-7-5-4-6-8-11;2*1-3-2;/h4-8,10H,1-3H3;2*1,3H2,2H3;. The van der Waals surface area contributed by atoms with Crippen LogP contribution in [0.15, 0.2) is 36.4 Å². The molecule has 0 nitrogen and oxygen atoms in total. The molecule has 0 unspecified atom stereocenters. The second-order valence-electron chi connectivity index (χ2n) is 6.61. The van der Waals surface area contributed by atoms with E-state index in [4.69, 9.17) is 0 Å². The molecule has 19 heavy (non-hydrogen) atoms. The molecule has 0 saturated heterocycles. The predicted molar refractivity (Wildman–Crippen MR) is 89.8 cm³/mol. The van der Waals surface area contributed by atoms with E-state index in [1.165, 1.54) is 28.4 Å². The molecule has 0 amide bonds. The van der Waals surface area contributed by atoms with Gasteiger partial charge in [0.1, 0.15) is 0 Å². The van der Waals surface area contributed by atoms with Gasteiger partial charge in [0.05, 0.1) is 0 Å². The average molecular weight is 315 g/mol. The fraction of sp³-hybridized carbons (Fsp3) is 0.556. The Morgan fingerprint density at radius 3 is 1.95 bits per heavy atom. The average Bonchev–Trinajstić information content (AvgIpc) is 2.36. The van der Waals surface area contributed by atoms with Crippen molar-refractivity contribution in [2.45, 2.75) is 57.4 Å². The molecule has 1 aromatic rings. The van der Waals surface area contributed by atoms with Crippen LogP contribution in [0.3, 0.4) is 0 Å². The Labute approximate surface area is 125 Å². The molecule has 0 aromatic heterocycles. The zero-order valence-corrected chi connectivity index (χ0v) is 15.8. The maximum absolute atomic E-state index is 2.57. The van der Waals surface area contributed by atoms with Crippen molar-refractivity contribution in [3.63, 3.8) is 0 Å². The summed E-state index contributed by atoms with van der Waals surface area (Å²) in [7, 11) is 0. The van der Waals surface area contributed by atoms with E-state index in [9.17, 15) is 0 Å². The first-order valence-electron chi connectivity index (χ1n) is 7.76. The van der Waals surface area contributed by atoms with Crippen LogP contribution in [0, 0.1) is 5.41 Å². The minimum atomic E-state index is -1.35. The summed E-state index contributed by atoms with van der Waals surface area (Å²) in [6.07, 6.45) is 5.26. The number of benzene rings is 1. The monoisotopic (exact) mass is 314 g/mol. The third kappa shape index (κ3) is 6.05. The van der Waals surface area contributed by atoms with E-state index >= 15 is 0 Å². The predicted octanol–water partition coefficient (Wildman–Crippen LogP) is 5.97. The maximum atomic E-state index is 2.57. The van der Waals surface area contributed by atoms with Crippen molar-refractivity contribution in [1.82, 2.24) is 0 Å². The molecule has 104 valence electrons. The van der Waals surface area contributed by atoms with Crippen molar-refractivity contribution >= 4 is 20.3 Å². The molecule has 0 bridgehead atoms. The van der Waals surface area contributed by atoms with Gasteiger partial charge < -0.3 is 0 Å². The summed E-state index contributed by atoms with van der Waals surface area (Å²) >= 11 is -1.35. The van der Waals surface area contributed by atoms with Gasteiger partial charge in [-0.1, -0.05) is 0 Å². The van der Waals surface area contributed by atoms with Crippen molar-refractivity contribution in [3.05, 3.63) is 42.0 Å². The first-order chi connectivity index (χ1) is 8.98. The van der Waals surface area contributed by atoms with Gasteiger partial charge in [0.25, 0.3) is 0 Å². The first-order valence-corrected chi connectivity index (χ1v) is 12.4. The molecule has 0 aliphatic carbocycles. The van der Waals surface area contributed by atoms with E-state index in [0.29, 0.717) is 0 Å². The van der Waals surface area contributed by atoms with Gasteiger partial charge in [0.2, 0.25) is 0 Å². The number of allylic oxidation sites excluding steroid dienone is 1. The molecular weight excluding hydrogens is 286 g/mol. The Hall–Kier alpha value is -0.404. The number of rotatable bonds is 6. The second kappa shape index (κ2) is 8.01. The molecule has 0 atom stereocenters. The summed E-state index contributed by atoms with van der Waals surface area (Å²) in [5.74, 6) is 0. The number of hydrogen-bond acceptors (Lipinski definition) is 0. The summed E-state index contributed by atoms with van der Waals surface area (Å²) < 4.78 is 1.74. The van der Waals surface area contributed by atoms with Crippen LogP contribution in [0.5, 0.6) is 0 Å². The topological polar surface area (TPSA) is 0 Å². The van der Waals surface area contributed by atoms with E-state index in [-0.39, 0.29) is 5.41 Å². The normalized spacial score (nSPS) is 12.6. The van der Waals surface area contributed by atoms with Crippen molar-refractivity contribution in [3.8, 4) is 0 Å². The van der Waals surface area contributed by atoms with Gasteiger partial charge >= 0.3 is 125 Å². The van der Waals surface area contributed by atoms with Crippen LogP contribution in [0.1, 0.15) is 53.0 Å². The van der Waals surface area contributed by atoms with Gasteiger partial charge in [-0.15, -0.1) is 0 Å². The van der Waals surface area contributed by atoms with Gasteiger partial charge in [0, 0.05) is 0 Å². The van der Waals surface area contributed by atoms with Crippen molar-refractivity contribution in [2.24, 2.45) is 5.41 Å². The van der Waals surface area contributed by atoms with Gasteiger partial charge in [-0.2, -0.15) is 0 Å². The van der Waals surface area contributed by atoms with Crippen LogP contribution in [0.25, 0.3) is 4.13 Å². The van der Waals surface area contributed by atoms with Crippen molar-refractivity contribution in [2.75, 3.05) is 0 Å². The molecule has 0 aliphatic rings. The van der Waals surface area contributed by atoms with Gasteiger partial charge in [-0.25, -0.2) is 0 Å². The molecule has 0 aliphatic heterocycles. The van der Waals surface area contributed by atoms with Crippen LogP contribution in [-0.4, -0.2) is 16.2 Å². The summed E-state index contributed by atoms with van der Waals surface area (Å²) in [5, 5.41) is 0. The van der Waals surface area contributed by atoms with Gasteiger partial charge in [-0.3, -0.25) is 0 Å². The Morgan fingerprint density at radius 1 is 1.00 bits per heavy atom. The Balaban J connectivity index is 3.14. The molecule has 1 rings (SSSR count). The minimum absolute atomic E-state index is 0.288. The summed E-state index contributed by atoms with van der Waals surface area (Å²) in [6.45, 7) is 11.7. The van der Waals surface area contributed by atoms with Crippen molar-refractivity contribution < 1.29 is 0 Å². The Bertz CT molecular complexity index is 378. The van der Waals surface area contributed by atoms with E-state index in [1.807, 2.05) is 0 Å². The second-order valence-corrected chi connectivity index (χ2v) is 13.3. The molecule has 0 radical (unpaired) electrons. The summed E-state index contributed by atoms with van der Waals surface area (Å²) in [4.78, 5) is 2.97. The van der Waals surface area contributed by atoms with Gasteiger partial charge in [-0.05, 0) is 0 Å². The van der Waals surface area contributed by atoms with E-state index in [0.717, 1.165) is 0 Å². The van der Waals surface area contributed by atoms with Crippen LogP contribution in [0.4, 0.5) is 0 Å². The van der Waals surface area contributed by atoms with E-state index < -0.39 is 16.2 Å². The first kappa shape index (κ1) is 16.7. The fourth-order valence-corrected chi connectivity index (χ4v) is 10.5. The van der Waals surface area contributed by atoms with Crippen LogP contribution in [-0.2, 0) is 0 Å². The summed E-state index contributed by atoms with van der Waals surface area (Å²) in [5.41, 5.74) is 1.78. The molecule has 0 N–H and O–H groups in total. The summed E-state index contributed by atoms with van der Waals surface area (Å²) in [6, 6.07) is 11.1. The van der Waals surface area contributed by atoms with Crippen LogP contribution in [0.2, 0.25) is 9.95 Å². The van der Waals surface area contributed by atoms with Crippen LogP contribution < -0.4 is 0 Å². The fourth-order valence-electron chi connectivity index (χ4n) is 2.69. The number of hydrogen-bond donors (Lipinski definition) is 0. The van der Waals surface area contributed by atoms with E-state index in [2.05, 4.69) is 71.0 Å². The zero-order chi connectivity index (χ0) is 14.3. The van der Waals surface area contributed by atoms with Crippen LogP contribution >= 0.6 is 0 Å². The Kier molecular flexibility index (Phi) is 7.02. The Morgan fingerprint density at radius 2 is 1.53 bits per heavy atom. The molecule has 0 heterocycles. The molecule has 0 fully saturated rings. The third-order valence-corrected chi connectivity index (χ3v) is 11.7. The third-order valence-electron chi connectivity index (χ3n) is 3.41. The zero-order valence-electron chi connectivity index (χ0n) is 13.4. The SMILES string of the molecule is CC[CH2][Ga]([CH2]CC)/[C](=C/C(C)(C)C)c1ccccc1. The van der Waals surface area contributed by atoms with Gasteiger partial charge in [0.15, 0.2) is 0 Å². The quantitative estimate of drug-likeness (QED) is 0.567. The molecule has 1 aromatic carbocycles. The molecule has 0 spiro atoms. The van der Waals surface area contributed by atoms with E-state index in [1.54, 1.807) is 4.13 Å². The van der Waals surface area contributed by atoms with Crippen molar-refractivity contribution in [1.29, 1.82) is 0 Å².